The van der Waals surface area contributed by atoms with Crippen LogP contribution in [0.15, 0.2) is 24.3 Å². The second-order valence-corrected chi connectivity index (χ2v) is 5.63. The van der Waals surface area contributed by atoms with Crippen LogP contribution in [0.4, 0.5) is 4.39 Å². The zero-order chi connectivity index (χ0) is 16.0. The molecule has 0 atom stereocenters. The smallest absolute Gasteiger partial charge is 0.230 e. The predicted octanol–water partition coefficient (Wildman–Crippen LogP) is 1.42. The Bertz CT molecular complexity index is 487. The summed E-state index contributed by atoms with van der Waals surface area (Å²) in [5, 5.41) is 0. The lowest BCUT2D eigenvalue weighted by molar-refractivity contribution is -0.146. The molecular weight excluding hydrogens is 287 g/mol. The van der Waals surface area contributed by atoms with Crippen LogP contribution >= 0.6 is 0 Å². The number of nitrogens with two attached hydrogens (primary N) is 1. The molecule has 0 spiro atoms. The molecular formula is C16H23FN2O3. The Balaban J connectivity index is 1.84. The van der Waals surface area contributed by atoms with Crippen molar-refractivity contribution in [2.75, 3.05) is 40.0 Å². The van der Waals surface area contributed by atoms with Crippen LogP contribution in [0, 0.1) is 11.2 Å². The van der Waals surface area contributed by atoms with E-state index >= 15 is 0 Å². The summed E-state index contributed by atoms with van der Waals surface area (Å²) in [4.78, 5) is 14.3. The van der Waals surface area contributed by atoms with E-state index in [0.717, 1.165) is 0 Å². The molecule has 1 heterocycles. The third-order valence-electron chi connectivity index (χ3n) is 4.15. The Hall–Kier alpha value is -1.66. The Labute approximate surface area is 130 Å². The maximum Gasteiger partial charge on any atom is 0.230 e. The quantitative estimate of drug-likeness (QED) is 0.863. The first kappa shape index (κ1) is 16.7. The van der Waals surface area contributed by atoms with Gasteiger partial charge in [-0.3, -0.25) is 4.79 Å². The Morgan fingerprint density at radius 1 is 1.36 bits per heavy atom. The topological polar surface area (TPSA) is 64.8 Å². The van der Waals surface area contributed by atoms with Gasteiger partial charge in [-0.2, -0.15) is 0 Å². The number of carbonyl (C=O) groups is 1. The van der Waals surface area contributed by atoms with Gasteiger partial charge in [0.15, 0.2) is 0 Å². The van der Waals surface area contributed by atoms with E-state index in [9.17, 15) is 9.18 Å². The van der Waals surface area contributed by atoms with Crippen molar-refractivity contribution >= 4 is 5.91 Å². The normalized spacial score (nSPS) is 17.0. The fourth-order valence-electron chi connectivity index (χ4n) is 2.61. The summed E-state index contributed by atoms with van der Waals surface area (Å²) < 4.78 is 23.6. The standard InChI is InChI=1S/C16H23FN2O3/c1-19(8-11-22-14-4-2-13(17)3-5-14)15(20)16(12-18)6-9-21-10-7-16/h2-5H,6-12,18H2,1H3. The molecule has 1 aliphatic heterocycles. The Kier molecular flexibility index (Phi) is 5.74. The molecule has 2 N–H and O–H groups in total. The first-order chi connectivity index (χ1) is 10.6. The first-order valence-electron chi connectivity index (χ1n) is 7.49. The third-order valence-corrected chi connectivity index (χ3v) is 4.15. The molecule has 1 aliphatic rings. The molecule has 1 saturated heterocycles. The van der Waals surface area contributed by atoms with Crippen LogP contribution in [0.25, 0.3) is 0 Å². The number of hydrogen-bond donors (Lipinski definition) is 1. The van der Waals surface area contributed by atoms with Crippen molar-refractivity contribution in [1.29, 1.82) is 0 Å². The van der Waals surface area contributed by atoms with Crippen molar-refractivity contribution in [2.45, 2.75) is 12.8 Å². The van der Waals surface area contributed by atoms with Gasteiger partial charge in [-0.25, -0.2) is 4.39 Å². The highest BCUT2D eigenvalue weighted by Crippen LogP contribution is 2.31. The second kappa shape index (κ2) is 7.56. The van der Waals surface area contributed by atoms with Gasteiger partial charge in [0.1, 0.15) is 18.2 Å². The number of halogens is 1. The van der Waals surface area contributed by atoms with Crippen LogP contribution < -0.4 is 10.5 Å². The fourth-order valence-corrected chi connectivity index (χ4v) is 2.61. The summed E-state index contributed by atoms with van der Waals surface area (Å²) in [5.41, 5.74) is 5.33. The van der Waals surface area contributed by atoms with Crippen LogP contribution in [0.2, 0.25) is 0 Å². The molecule has 0 saturated carbocycles. The highest BCUT2D eigenvalue weighted by Gasteiger charge is 2.40. The number of likely N-dealkylation sites (N-methyl/N-ethyl adjacent to an activating group) is 1. The Morgan fingerprint density at radius 2 is 2.00 bits per heavy atom. The SMILES string of the molecule is CN(CCOc1ccc(F)cc1)C(=O)C1(CN)CCOCC1. The van der Waals surface area contributed by atoms with Gasteiger partial charge in [0, 0.05) is 26.8 Å². The maximum absolute atomic E-state index is 12.8. The van der Waals surface area contributed by atoms with Gasteiger partial charge in [-0.15, -0.1) is 0 Å². The largest absolute Gasteiger partial charge is 0.492 e. The molecule has 1 fully saturated rings. The molecule has 0 aliphatic carbocycles. The summed E-state index contributed by atoms with van der Waals surface area (Å²) in [5.74, 6) is 0.326. The number of rotatable bonds is 6. The number of carbonyl (C=O) groups excluding carboxylic acids is 1. The lowest BCUT2D eigenvalue weighted by atomic mass is 9.79. The molecule has 1 aromatic carbocycles. The van der Waals surface area contributed by atoms with Crippen molar-refractivity contribution in [2.24, 2.45) is 11.1 Å². The lowest BCUT2D eigenvalue weighted by Crippen LogP contribution is -2.50. The number of benzene rings is 1. The molecule has 0 bridgehead atoms. The van der Waals surface area contributed by atoms with Crippen LogP contribution in [0.5, 0.6) is 5.75 Å². The van der Waals surface area contributed by atoms with Crippen LogP contribution in [-0.2, 0) is 9.53 Å². The molecule has 5 nitrogen and oxygen atoms in total. The van der Waals surface area contributed by atoms with Crippen molar-refractivity contribution in [3.63, 3.8) is 0 Å². The van der Waals surface area contributed by atoms with Crippen molar-refractivity contribution < 1.29 is 18.7 Å². The molecule has 0 aromatic heterocycles. The highest BCUT2D eigenvalue weighted by molar-refractivity contribution is 5.83. The predicted molar refractivity (Wildman–Crippen MR) is 81.1 cm³/mol. The van der Waals surface area contributed by atoms with Gasteiger partial charge < -0.3 is 20.1 Å². The number of nitrogens with zero attached hydrogens (tertiary/aromatic N) is 1. The van der Waals surface area contributed by atoms with E-state index in [1.807, 2.05) is 0 Å². The molecule has 6 heteroatoms. The van der Waals surface area contributed by atoms with Gasteiger partial charge in [0.05, 0.1) is 12.0 Å². The van der Waals surface area contributed by atoms with Crippen LogP contribution in [-0.4, -0.2) is 50.8 Å². The fraction of sp³-hybridized carbons (Fsp3) is 0.562. The molecule has 122 valence electrons. The summed E-state index contributed by atoms with van der Waals surface area (Å²) in [6, 6.07) is 5.82. The molecule has 1 aromatic rings. The average Bonchev–Trinajstić information content (AvgIpc) is 2.56. The van der Waals surface area contributed by atoms with Gasteiger partial charge in [-0.1, -0.05) is 0 Å². The molecule has 0 radical (unpaired) electrons. The summed E-state index contributed by atoms with van der Waals surface area (Å²) in [6.45, 7) is 2.29. The lowest BCUT2D eigenvalue weighted by Gasteiger charge is -2.37. The first-order valence-corrected chi connectivity index (χ1v) is 7.49. The molecule has 2 rings (SSSR count). The third kappa shape index (κ3) is 3.96. The minimum absolute atomic E-state index is 0.0426. The average molecular weight is 310 g/mol. The Morgan fingerprint density at radius 3 is 2.59 bits per heavy atom. The van der Waals surface area contributed by atoms with E-state index < -0.39 is 5.41 Å². The number of hydrogen-bond acceptors (Lipinski definition) is 4. The van der Waals surface area contributed by atoms with Crippen molar-refractivity contribution in [3.8, 4) is 5.75 Å². The van der Waals surface area contributed by atoms with Gasteiger partial charge in [-0.05, 0) is 37.1 Å². The van der Waals surface area contributed by atoms with Crippen molar-refractivity contribution in [3.05, 3.63) is 30.1 Å². The zero-order valence-corrected chi connectivity index (χ0v) is 12.9. The van der Waals surface area contributed by atoms with E-state index in [4.69, 9.17) is 15.2 Å². The van der Waals surface area contributed by atoms with Gasteiger partial charge >= 0.3 is 0 Å². The van der Waals surface area contributed by atoms with E-state index in [-0.39, 0.29) is 11.7 Å². The van der Waals surface area contributed by atoms with E-state index in [1.165, 1.54) is 12.1 Å². The summed E-state index contributed by atoms with van der Waals surface area (Å²) >= 11 is 0. The molecule has 22 heavy (non-hydrogen) atoms. The zero-order valence-electron chi connectivity index (χ0n) is 12.9. The van der Waals surface area contributed by atoms with Crippen molar-refractivity contribution in [1.82, 2.24) is 4.90 Å². The van der Waals surface area contributed by atoms with E-state index in [0.29, 0.717) is 51.5 Å². The minimum atomic E-state index is -0.511. The van der Waals surface area contributed by atoms with E-state index in [2.05, 4.69) is 0 Å². The molecule has 0 unspecified atom stereocenters. The van der Waals surface area contributed by atoms with Crippen LogP contribution in [0.3, 0.4) is 0 Å². The van der Waals surface area contributed by atoms with Gasteiger partial charge in [0.25, 0.3) is 0 Å². The second-order valence-electron chi connectivity index (χ2n) is 5.63. The number of amides is 1. The minimum Gasteiger partial charge on any atom is -0.492 e. The number of ether oxygens (including phenoxy) is 2. The van der Waals surface area contributed by atoms with Gasteiger partial charge in [0.2, 0.25) is 5.91 Å². The van der Waals surface area contributed by atoms with Crippen LogP contribution in [0.1, 0.15) is 12.8 Å². The molecule has 1 amide bonds. The van der Waals surface area contributed by atoms with E-state index in [1.54, 1.807) is 24.1 Å². The summed E-state index contributed by atoms with van der Waals surface area (Å²) in [6.07, 6.45) is 1.32. The monoisotopic (exact) mass is 310 g/mol. The maximum atomic E-state index is 12.8. The summed E-state index contributed by atoms with van der Waals surface area (Å²) in [7, 11) is 1.75. The highest BCUT2D eigenvalue weighted by atomic mass is 19.1.